The minimum atomic E-state index is -1.03. The Hall–Kier alpha value is -3.59. The van der Waals surface area contributed by atoms with E-state index in [9.17, 15) is 14.4 Å². The summed E-state index contributed by atoms with van der Waals surface area (Å²) >= 11 is 0. The number of esters is 1. The SMILES string of the molecule is C.C.C.C.C.CC.CC(C)(C)OC(=O)C(=O)[C@H](CCCCN)NC(=O)OCC1c2ccccc2-c2ccccc21.CO[NH-].C[CH-]NO.C[CH-]NO.C[CH-]NO.C[CH-]NO. The molecule has 2 aromatic rings. The van der Waals surface area contributed by atoms with Crippen molar-refractivity contribution in [1.82, 2.24) is 27.2 Å². The molecule has 1 aliphatic carbocycles. The fourth-order valence-electron chi connectivity index (χ4n) is 4.01. The molecule has 1 aliphatic rings. The lowest BCUT2D eigenvalue weighted by Gasteiger charge is -2.22. The number of fused-ring (bicyclic) bond motifs is 3. The van der Waals surface area contributed by atoms with Crippen molar-refractivity contribution in [3.63, 3.8) is 0 Å². The van der Waals surface area contributed by atoms with Crippen LogP contribution in [0.2, 0.25) is 0 Å². The fourth-order valence-corrected chi connectivity index (χ4v) is 4.01. The minimum Gasteiger partial charge on any atom is -0.550 e. The average molecular weight is 849 g/mol. The molecule has 59 heavy (non-hydrogen) atoms. The number of amides is 1. The van der Waals surface area contributed by atoms with Gasteiger partial charge < -0.3 is 74.0 Å². The number of hydroxylamine groups is 4. The molecule has 1 atom stereocenters. The van der Waals surface area contributed by atoms with Gasteiger partial charge in [-0.15, -0.1) is 0 Å². The molecule has 0 aliphatic heterocycles. The second-order valence-corrected chi connectivity index (χ2v) is 11.0. The molecule has 0 fully saturated rings. The van der Waals surface area contributed by atoms with Gasteiger partial charge in [0, 0.05) is 13.0 Å². The van der Waals surface area contributed by atoms with Gasteiger partial charge >= 0.3 is 12.1 Å². The van der Waals surface area contributed by atoms with Gasteiger partial charge in [-0.3, -0.25) is 4.79 Å². The summed E-state index contributed by atoms with van der Waals surface area (Å²) in [6.45, 7) is 22.1. The number of nitrogens with one attached hydrogen (secondary N) is 6. The number of ether oxygens (including phenoxy) is 2. The van der Waals surface area contributed by atoms with E-state index in [1.807, 2.05) is 50.2 Å². The molecule has 0 heterocycles. The molecule has 0 bridgehead atoms. The standard InChI is InChI=1S/C26H32N2O5.4C2H6NO.C2H6.CH4NO.5CH4/c1-26(2,3)33-24(30)23(29)22(14-8-9-15-27)28-25(31)32-16-21-19-12-6-4-10-17(19)18-11-5-7-13-20(18)21;4*1-2-3-4;1-2;1-3-2;;;;;/h4-7,10-13,21-22H,8-9,14-16,27H2,1-3H3,(H,28,31);4*2-4H,1H3;1-2H3;2H,1H3;5*1H4/q;4*-1;;-1;;;;;/t22-;;;;;;;;;;;/m0.........../s1. The van der Waals surface area contributed by atoms with Gasteiger partial charge in [0.2, 0.25) is 0 Å². The number of hydrogen-bond acceptors (Lipinski definition) is 15. The lowest BCUT2D eigenvalue weighted by molar-refractivity contribution is -0.163. The Kier molecular flexibility index (Phi) is 67.7. The van der Waals surface area contributed by atoms with Crippen molar-refractivity contribution >= 4 is 17.8 Å². The molecule has 0 saturated heterocycles. The molecule has 1 amide bonds. The Morgan fingerprint density at radius 1 is 0.746 bits per heavy atom. The lowest BCUT2D eigenvalue weighted by atomic mass is 9.98. The predicted octanol–water partition coefficient (Wildman–Crippen LogP) is 9.33. The van der Waals surface area contributed by atoms with Crippen LogP contribution in [0.5, 0.6) is 0 Å². The minimum absolute atomic E-state index is 0. The third kappa shape index (κ3) is 39.6. The van der Waals surface area contributed by atoms with E-state index in [4.69, 9.17) is 41.9 Å². The molecule has 17 heteroatoms. The summed E-state index contributed by atoms with van der Waals surface area (Å²) in [5.41, 5.74) is 16.4. The van der Waals surface area contributed by atoms with Crippen LogP contribution < -0.4 is 33.0 Å². The molecule has 12 N–H and O–H groups in total. The number of benzene rings is 2. The third-order valence-corrected chi connectivity index (χ3v) is 6.02. The van der Waals surface area contributed by atoms with Crippen molar-refractivity contribution in [2.24, 2.45) is 5.73 Å². The fraction of sp³-hybridized carbons (Fsp3) is 0.548. The lowest BCUT2D eigenvalue weighted by Crippen LogP contribution is -2.46. The van der Waals surface area contributed by atoms with E-state index in [0.29, 0.717) is 19.4 Å². The summed E-state index contributed by atoms with van der Waals surface area (Å²) in [5, 5.41) is 32.8. The maximum absolute atomic E-state index is 12.7. The van der Waals surface area contributed by atoms with Gasteiger partial charge in [-0.2, -0.15) is 27.7 Å². The van der Waals surface area contributed by atoms with Crippen molar-refractivity contribution in [2.75, 3.05) is 20.3 Å². The van der Waals surface area contributed by atoms with Crippen LogP contribution in [0.3, 0.4) is 0 Å². The average Bonchev–Trinajstić information content (AvgIpc) is 3.50. The number of hydrogen-bond donors (Lipinski definition) is 10. The van der Waals surface area contributed by atoms with Gasteiger partial charge in [0.05, 0.1) is 0 Å². The highest BCUT2D eigenvalue weighted by Gasteiger charge is 2.32. The Morgan fingerprint density at radius 3 is 1.39 bits per heavy atom. The summed E-state index contributed by atoms with van der Waals surface area (Å²) in [4.78, 5) is 41.0. The molecule has 0 saturated carbocycles. The van der Waals surface area contributed by atoms with Gasteiger partial charge in [-0.25, -0.2) is 35.8 Å². The van der Waals surface area contributed by atoms with Gasteiger partial charge in [-0.1, -0.05) is 99.5 Å². The molecule has 354 valence electrons. The molecule has 0 spiro atoms. The highest BCUT2D eigenvalue weighted by molar-refractivity contribution is 6.36. The monoisotopic (exact) mass is 849 g/mol. The zero-order valence-electron chi connectivity index (χ0n) is 33.4. The van der Waals surface area contributed by atoms with Gasteiger partial charge in [0.1, 0.15) is 18.2 Å². The number of carbonyl (C=O) groups is 3. The smallest absolute Gasteiger partial charge is 0.407 e. The Labute approximate surface area is 359 Å². The summed E-state index contributed by atoms with van der Waals surface area (Å²) in [7, 11) is 1.29. The highest BCUT2D eigenvalue weighted by Crippen LogP contribution is 2.44. The van der Waals surface area contributed by atoms with E-state index in [1.165, 1.54) is 33.3 Å². The van der Waals surface area contributed by atoms with Gasteiger partial charge in [0.25, 0.3) is 5.78 Å². The summed E-state index contributed by atoms with van der Waals surface area (Å²) in [6.07, 6.45) is 0.787. The maximum atomic E-state index is 12.7. The van der Waals surface area contributed by atoms with Crippen LogP contribution in [0.15, 0.2) is 48.5 Å². The van der Waals surface area contributed by atoms with E-state index in [2.05, 4.69) is 22.3 Å². The predicted molar refractivity (Wildman–Crippen MR) is 242 cm³/mol. The summed E-state index contributed by atoms with van der Waals surface area (Å²) in [6, 6.07) is 15.0. The second kappa shape index (κ2) is 52.4. The summed E-state index contributed by atoms with van der Waals surface area (Å²) < 4.78 is 10.7. The van der Waals surface area contributed by atoms with Crippen molar-refractivity contribution in [3.05, 3.63) is 91.7 Å². The van der Waals surface area contributed by atoms with Crippen LogP contribution in [-0.4, -0.2) is 70.6 Å². The second-order valence-electron chi connectivity index (χ2n) is 11.0. The molecule has 0 radical (unpaired) electrons. The maximum Gasteiger partial charge on any atom is 0.407 e. The number of nitrogens with two attached hydrogens (primary N) is 1. The number of carbonyl (C=O) groups excluding carboxylic acids is 3. The van der Waals surface area contributed by atoms with Gasteiger partial charge in [-0.05, 0) is 68.8 Å². The molecule has 3 rings (SSSR count). The van der Waals surface area contributed by atoms with Crippen LogP contribution in [0.25, 0.3) is 17.0 Å². The quantitative estimate of drug-likeness (QED) is 0.0296. The van der Waals surface area contributed by atoms with Gasteiger partial charge in [0.15, 0.2) is 0 Å². The first kappa shape index (κ1) is 76.2. The number of Topliss-reactive ketones (excluding diaryl/α,β-unsaturated/α-hetero) is 1. The first-order chi connectivity index (χ1) is 25.8. The first-order valence-corrected chi connectivity index (χ1v) is 17.3. The molecule has 2 aromatic carbocycles. The van der Waals surface area contributed by atoms with E-state index in [0.717, 1.165) is 22.3 Å². The molecular formula is C42H86N7O10-5. The van der Waals surface area contributed by atoms with Crippen LogP contribution >= 0.6 is 0 Å². The highest BCUT2D eigenvalue weighted by atomic mass is 16.6. The topological polar surface area (TPSA) is 270 Å². The van der Waals surface area contributed by atoms with E-state index in [-0.39, 0.29) is 56.1 Å². The zero-order valence-corrected chi connectivity index (χ0v) is 33.4. The van der Waals surface area contributed by atoms with Crippen molar-refractivity contribution in [3.8, 4) is 11.1 Å². The Balaban J connectivity index is -0.000000116. The summed E-state index contributed by atoms with van der Waals surface area (Å²) in [5.74, 6) is 3.84. The molecule has 17 nitrogen and oxygen atoms in total. The van der Waals surface area contributed by atoms with Crippen LogP contribution in [-0.2, 0) is 23.9 Å². The largest absolute Gasteiger partial charge is 0.550 e. The number of rotatable bonds is 13. The number of unbranched alkanes of at least 4 members (excludes halogenated alkanes) is 1. The van der Waals surface area contributed by atoms with Crippen LogP contribution in [0, 0.1) is 26.2 Å². The van der Waals surface area contributed by atoms with E-state index in [1.54, 1.807) is 70.4 Å². The molecule has 0 unspecified atom stereocenters. The number of alkyl carbamates (subject to hydrolysis) is 1. The van der Waals surface area contributed by atoms with Crippen molar-refractivity contribution in [2.45, 2.75) is 136 Å². The molecule has 0 aromatic heterocycles. The van der Waals surface area contributed by atoms with Crippen molar-refractivity contribution < 1.29 is 49.5 Å². The van der Waals surface area contributed by atoms with Crippen LogP contribution in [0.4, 0.5) is 4.79 Å². The molecular weight excluding hydrogens is 763 g/mol. The normalized spacial score (nSPS) is 10.0. The third-order valence-electron chi connectivity index (χ3n) is 6.02. The van der Waals surface area contributed by atoms with Crippen molar-refractivity contribution in [1.29, 1.82) is 0 Å². The van der Waals surface area contributed by atoms with Crippen LogP contribution in [0.1, 0.15) is 136 Å². The zero-order chi connectivity index (χ0) is 42.4. The number of ketones is 1. The Bertz CT molecular complexity index is 1120. The first-order valence-electron chi connectivity index (χ1n) is 17.3. The Morgan fingerprint density at radius 2 is 1.08 bits per heavy atom. The van der Waals surface area contributed by atoms with E-state index < -0.39 is 29.5 Å². The van der Waals surface area contributed by atoms with E-state index >= 15 is 0 Å².